The molecule has 2 heterocycles. The Morgan fingerprint density at radius 1 is 1.18 bits per heavy atom. The zero-order chi connectivity index (χ0) is 23.9. The minimum Gasteiger partial charge on any atom is -0.494 e. The van der Waals surface area contributed by atoms with Crippen LogP contribution in [0.3, 0.4) is 0 Å². The molecule has 0 spiro atoms. The van der Waals surface area contributed by atoms with Crippen LogP contribution >= 0.6 is 0 Å². The lowest BCUT2D eigenvalue weighted by Gasteiger charge is -2.07. The van der Waals surface area contributed by atoms with Gasteiger partial charge in [0.1, 0.15) is 11.4 Å². The van der Waals surface area contributed by atoms with Crippen LogP contribution < -0.4 is 15.9 Å². The molecule has 0 aliphatic heterocycles. The highest BCUT2D eigenvalue weighted by molar-refractivity contribution is 5.99. The lowest BCUT2D eigenvalue weighted by Crippen LogP contribution is -2.19. The highest BCUT2D eigenvalue weighted by Crippen LogP contribution is 2.28. The van der Waals surface area contributed by atoms with Crippen LogP contribution in [-0.2, 0) is 0 Å². The Morgan fingerprint density at radius 2 is 1.94 bits per heavy atom. The molecule has 2 aromatic heterocycles. The number of nitrogens with one attached hydrogen (secondary N) is 1. The fourth-order valence-electron chi connectivity index (χ4n) is 3.15. The Labute approximate surface area is 194 Å². The van der Waals surface area contributed by atoms with Crippen LogP contribution in [0.25, 0.3) is 23.2 Å². The average molecular weight is 458 g/mol. The predicted octanol–water partition coefficient (Wildman–Crippen LogP) is 3.12. The van der Waals surface area contributed by atoms with Gasteiger partial charge in [-0.15, -0.1) is 5.10 Å². The van der Waals surface area contributed by atoms with Crippen LogP contribution in [0.1, 0.15) is 29.9 Å². The van der Waals surface area contributed by atoms with Gasteiger partial charge in [-0.1, -0.05) is 41.6 Å². The molecule has 34 heavy (non-hydrogen) atoms. The molecule has 4 rings (SSSR count). The van der Waals surface area contributed by atoms with E-state index in [4.69, 9.17) is 10.5 Å². The maximum atomic E-state index is 12.9. The molecule has 11 nitrogen and oxygen atoms in total. The molecule has 11 heteroatoms. The van der Waals surface area contributed by atoms with Crippen molar-refractivity contribution in [2.24, 2.45) is 5.10 Å². The van der Waals surface area contributed by atoms with Crippen molar-refractivity contribution in [1.29, 1.82) is 0 Å². The Bertz CT molecular complexity index is 1320. The number of carbonyl (C=O) groups excluding carboxylic acids is 1. The quantitative estimate of drug-likeness (QED) is 0.302. The molecule has 0 saturated carbocycles. The number of hydrogen-bond acceptors (Lipinski definition) is 9. The van der Waals surface area contributed by atoms with Gasteiger partial charge in [-0.25, -0.2) is 10.1 Å². The summed E-state index contributed by atoms with van der Waals surface area (Å²) >= 11 is 0. The molecule has 0 radical (unpaired) electrons. The van der Waals surface area contributed by atoms with Gasteiger partial charge in [-0.2, -0.15) is 9.78 Å². The number of aromatic nitrogens is 5. The summed E-state index contributed by atoms with van der Waals surface area (Å²) in [6.45, 7) is 4.31. The third-order valence-corrected chi connectivity index (χ3v) is 4.65. The third kappa shape index (κ3) is 4.99. The van der Waals surface area contributed by atoms with Crippen molar-refractivity contribution in [2.45, 2.75) is 13.8 Å². The molecule has 3 N–H and O–H groups in total. The second-order valence-electron chi connectivity index (χ2n) is 7.13. The van der Waals surface area contributed by atoms with Crippen LogP contribution in [-0.4, -0.2) is 44.0 Å². The van der Waals surface area contributed by atoms with Crippen LogP contribution in [0.2, 0.25) is 0 Å². The molecule has 0 aliphatic rings. The third-order valence-electron chi connectivity index (χ3n) is 4.65. The van der Waals surface area contributed by atoms with E-state index < -0.39 is 5.91 Å². The van der Waals surface area contributed by atoms with Crippen molar-refractivity contribution in [3.63, 3.8) is 0 Å². The molecular weight excluding hydrogens is 436 g/mol. The average Bonchev–Trinajstić information content (AvgIpc) is 3.46. The number of rotatable bonds is 8. The van der Waals surface area contributed by atoms with Crippen molar-refractivity contribution in [3.8, 4) is 22.8 Å². The van der Waals surface area contributed by atoms with E-state index in [2.05, 4.69) is 35.8 Å². The summed E-state index contributed by atoms with van der Waals surface area (Å²) in [6, 6.07) is 16.9. The number of nitrogens with two attached hydrogens (primary N) is 1. The summed E-state index contributed by atoms with van der Waals surface area (Å²) in [7, 11) is 0. The van der Waals surface area contributed by atoms with E-state index in [0.717, 1.165) is 11.1 Å². The monoisotopic (exact) mass is 458 g/mol. The number of allylic oxidation sites excluding steroid dienone is 1. The minimum absolute atomic E-state index is 0.00346. The summed E-state index contributed by atoms with van der Waals surface area (Å²) in [5.74, 6) is 0.238. The number of benzene rings is 2. The SMILES string of the molecule is CCOc1ccc(-c2c(C(=O)N/N=C\C(C)=C\c3ccccc3)nnn2-c2nonc2N)cc1. The summed E-state index contributed by atoms with van der Waals surface area (Å²) in [5.41, 5.74) is 11.2. The topological polar surface area (TPSA) is 146 Å². The molecule has 4 aromatic rings. The Balaban J connectivity index is 1.62. The van der Waals surface area contributed by atoms with Gasteiger partial charge in [0.2, 0.25) is 11.6 Å². The smallest absolute Gasteiger partial charge is 0.294 e. The number of amides is 1. The van der Waals surface area contributed by atoms with Gasteiger partial charge in [0.25, 0.3) is 5.91 Å². The Morgan fingerprint density at radius 3 is 2.62 bits per heavy atom. The van der Waals surface area contributed by atoms with Crippen LogP contribution in [0.5, 0.6) is 5.75 Å². The van der Waals surface area contributed by atoms with Crippen molar-refractivity contribution in [3.05, 3.63) is 71.4 Å². The maximum Gasteiger partial charge on any atom is 0.294 e. The maximum absolute atomic E-state index is 12.9. The molecular formula is C23H22N8O3. The highest BCUT2D eigenvalue weighted by atomic mass is 16.6. The second-order valence-corrected chi connectivity index (χ2v) is 7.13. The standard InChI is InChI=1S/C23H22N8O3/c1-3-33-18-11-9-17(10-12-18)20-19(26-30-31(20)22-21(24)28-34-29-22)23(32)27-25-14-15(2)13-16-7-5-4-6-8-16/h4-14H,3H2,1-2H3,(H2,24,28)(H,27,32)/b15-13+,25-14-. The number of carbonyl (C=O) groups is 1. The van der Waals surface area contributed by atoms with Crippen LogP contribution in [0, 0.1) is 0 Å². The first-order chi connectivity index (χ1) is 16.6. The van der Waals surface area contributed by atoms with Gasteiger partial charge in [0.05, 0.1) is 12.8 Å². The number of ether oxygens (including phenoxy) is 1. The van der Waals surface area contributed by atoms with Gasteiger partial charge in [0.15, 0.2) is 5.69 Å². The zero-order valence-corrected chi connectivity index (χ0v) is 18.5. The summed E-state index contributed by atoms with van der Waals surface area (Å²) in [6.07, 6.45) is 3.49. The minimum atomic E-state index is -0.561. The molecule has 0 bridgehead atoms. The normalized spacial score (nSPS) is 11.6. The molecule has 2 aromatic carbocycles. The van der Waals surface area contributed by atoms with Gasteiger partial charge in [-0.3, -0.25) is 4.79 Å². The van der Waals surface area contributed by atoms with Crippen molar-refractivity contribution < 1.29 is 14.2 Å². The van der Waals surface area contributed by atoms with Crippen molar-refractivity contribution in [1.82, 2.24) is 30.7 Å². The van der Waals surface area contributed by atoms with Crippen LogP contribution in [0.15, 0.2) is 69.9 Å². The highest BCUT2D eigenvalue weighted by Gasteiger charge is 2.25. The van der Waals surface area contributed by atoms with E-state index >= 15 is 0 Å². The fraction of sp³-hybridized carbons (Fsp3) is 0.130. The zero-order valence-electron chi connectivity index (χ0n) is 18.5. The largest absolute Gasteiger partial charge is 0.494 e. The Hall–Kier alpha value is -4.80. The van der Waals surface area contributed by atoms with Gasteiger partial charge >= 0.3 is 0 Å². The Kier molecular flexibility index (Phi) is 6.73. The molecule has 172 valence electrons. The number of hydrazone groups is 1. The number of hydrogen-bond donors (Lipinski definition) is 2. The van der Waals surface area contributed by atoms with E-state index in [1.165, 1.54) is 4.68 Å². The first-order valence-electron chi connectivity index (χ1n) is 10.4. The number of nitrogens with zero attached hydrogens (tertiary/aromatic N) is 6. The second kappa shape index (κ2) is 10.2. The summed E-state index contributed by atoms with van der Waals surface area (Å²) in [4.78, 5) is 12.9. The molecule has 0 aliphatic carbocycles. The van der Waals surface area contributed by atoms with Gasteiger partial charge in [-0.05, 0) is 59.6 Å². The van der Waals surface area contributed by atoms with Gasteiger partial charge < -0.3 is 10.5 Å². The van der Waals surface area contributed by atoms with E-state index in [0.29, 0.717) is 23.6 Å². The number of nitrogen functional groups attached to an aromatic ring is 1. The first kappa shape index (κ1) is 22.4. The van der Waals surface area contributed by atoms with Crippen molar-refractivity contribution in [2.75, 3.05) is 12.3 Å². The van der Waals surface area contributed by atoms with E-state index in [1.54, 1.807) is 30.5 Å². The van der Waals surface area contributed by atoms with Crippen molar-refractivity contribution >= 4 is 24.0 Å². The molecule has 0 fully saturated rings. The molecule has 0 unspecified atom stereocenters. The van der Waals surface area contributed by atoms with E-state index in [1.807, 2.05) is 50.3 Å². The van der Waals surface area contributed by atoms with E-state index in [9.17, 15) is 4.79 Å². The summed E-state index contributed by atoms with van der Waals surface area (Å²) in [5, 5.41) is 19.5. The lowest BCUT2D eigenvalue weighted by molar-refractivity contribution is 0.0950. The summed E-state index contributed by atoms with van der Waals surface area (Å²) < 4.78 is 11.5. The van der Waals surface area contributed by atoms with Crippen LogP contribution in [0.4, 0.5) is 5.82 Å². The molecule has 0 atom stereocenters. The first-order valence-corrected chi connectivity index (χ1v) is 10.4. The van der Waals surface area contributed by atoms with Gasteiger partial charge in [0, 0.05) is 5.56 Å². The molecule has 0 saturated heterocycles. The predicted molar refractivity (Wildman–Crippen MR) is 126 cm³/mol. The number of anilines is 1. The lowest BCUT2D eigenvalue weighted by atomic mass is 10.1. The fourth-order valence-corrected chi connectivity index (χ4v) is 3.15. The van der Waals surface area contributed by atoms with E-state index in [-0.39, 0.29) is 17.3 Å². The molecule has 1 amide bonds.